The zero-order valence-electron chi connectivity index (χ0n) is 10.1. The predicted octanol–water partition coefficient (Wildman–Crippen LogP) is 1.15. The van der Waals surface area contributed by atoms with E-state index in [0.29, 0.717) is 12.1 Å². The molecule has 0 saturated carbocycles. The summed E-state index contributed by atoms with van der Waals surface area (Å²) in [6, 6.07) is 2.64. The van der Waals surface area contributed by atoms with E-state index in [4.69, 9.17) is 0 Å². The fourth-order valence-corrected chi connectivity index (χ4v) is 2.31. The third-order valence-corrected chi connectivity index (χ3v) is 2.92. The zero-order valence-corrected chi connectivity index (χ0v) is 10.1. The number of hydrogen-bond acceptors (Lipinski definition) is 2. The van der Waals surface area contributed by atoms with Gasteiger partial charge in [-0.05, 0) is 26.8 Å². The molecule has 1 aliphatic rings. The third-order valence-electron chi connectivity index (χ3n) is 2.92. The first-order valence-corrected chi connectivity index (χ1v) is 5.76. The second-order valence-corrected chi connectivity index (χ2v) is 4.75. The quantitative estimate of drug-likeness (QED) is 0.747. The molecule has 0 spiro atoms. The lowest BCUT2D eigenvalue weighted by Gasteiger charge is -2.36. The molecule has 2 rings (SSSR count). The maximum absolute atomic E-state index is 12.2. The molecule has 1 aromatic heterocycles. The van der Waals surface area contributed by atoms with Crippen LogP contribution in [-0.4, -0.2) is 41.0 Å². The Hall–Kier alpha value is -1.29. The highest BCUT2D eigenvalue weighted by molar-refractivity contribution is 5.94. The molecule has 0 aliphatic carbocycles. The summed E-state index contributed by atoms with van der Waals surface area (Å²) in [5.41, 5.74) is 1.79. The number of aromatic amines is 1. The first-order valence-electron chi connectivity index (χ1n) is 5.76. The van der Waals surface area contributed by atoms with Gasteiger partial charge in [-0.25, -0.2) is 0 Å². The lowest BCUT2D eigenvalue weighted by Crippen LogP contribution is -2.55. The van der Waals surface area contributed by atoms with E-state index >= 15 is 0 Å². The Labute approximate surface area is 96.0 Å². The summed E-state index contributed by atoms with van der Waals surface area (Å²) in [4.78, 5) is 17.2. The molecule has 4 heteroatoms. The number of H-pyrrole nitrogens is 1. The molecule has 4 nitrogen and oxygen atoms in total. The van der Waals surface area contributed by atoms with Crippen LogP contribution >= 0.6 is 0 Å². The molecule has 88 valence electrons. The van der Waals surface area contributed by atoms with Crippen LogP contribution in [0.2, 0.25) is 0 Å². The number of nitrogens with zero attached hydrogens (tertiary/aromatic N) is 1. The van der Waals surface area contributed by atoms with Crippen molar-refractivity contribution in [1.82, 2.24) is 15.2 Å². The molecule has 1 aliphatic heterocycles. The zero-order chi connectivity index (χ0) is 11.7. The number of amides is 1. The van der Waals surface area contributed by atoms with Gasteiger partial charge in [0.15, 0.2) is 0 Å². The lowest BCUT2D eigenvalue weighted by atomic mass is 10.1. The van der Waals surface area contributed by atoms with Crippen LogP contribution in [0.1, 0.15) is 29.9 Å². The van der Waals surface area contributed by atoms with E-state index in [-0.39, 0.29) is 5.91 Å². The Morgan fingerprint density at radius 3 is 2.50 bits per heavy atom. The van der Waals surface area contributed by atoms with Crippen LogP contribution < -0.4 is 5.32 Å². The van der Waals surface area contributed by atoms with Gasteiger partial charge in [-0.3, -0.25) is 4.79 Å². The number of hydrogen-bond donors (Lipinski definition) is 2. The van der Waals surface area contributed by atoms with Crippen LogP contribution in [0, 0.1) is 6.92 Å². The van der Waals surface area contributed by atoms with Gasteiger partial charge < -0.3 is 15.2 Å². The smallest absolute Gasteiger partial charge is 0.255 e. The summed E-state index contributed by atoms with van der Waals surface area (Å²) in [6.07, 6.45) is 1.79. The molecule has 0 radical (unpaired) electrons. The van der Waals surface area contributed by atoms with Crippen molar-refractivity contribution in [3.05, 3.63) is 23.5 Å². The van der Waals surface area contributed by atoms with Crippen LogP contribution in [0.4, 0.5) is 0 Å². The van der Waals surface area contributed by atoms with Gasteiger partial charge in [-0.15, -0.1) is 0 Å². The van der Waals surface area contributed by atoms with Crippen LogP contribution in [-0.2, 0) is 0 Å². The number of aromatic nitrogens is 1. The van der Waals surface area contributed by atoms with Gasteiger partial charge in [0.1, 0.15) is 0 Å². The summed E-state index contributed by atoms with van der Waals surface area (Å²) in [5, 5.41) is 3.42. The Morgan fingerprint density at radius 2 is 2.00 bits per heavy atom. The van der Waals surface area contributed by atoms with Crippen molar-refractivity contribution >= 4 is 5.91 Å². The highest BCUT2D eigenvalue weighted by Crippen LogP contribution is 2.11. The molecule has 0 bridgehead atoms. The summed E-state index contributed by atoms with van der Waals surface area (Å²) < 4.78 is 0. The Bertz CT molecular complexity index is 375. The molecule has 1 aromatic rings. The van der Waals surface area contributed by atoms with E-state index < -0.39 is 0 Å². The van der Waals surface area contributed by atoms with Gasteiger partial charge in [0.05, 0.1) is 5.56 Å². The minimum Gasteiger partial charge on any atom is -0.364 e. The first kappa shape index (κ1) is 11.2. The fourth-order valence-electron chi connectivity index (χ4n) is 2.31. The van der Waals surface area contributed by atoms with Crippen molar-refractivity contribution in [3.63, 3.8) is 0 Å². The van der Waals surface area contributed by atoms with Crippen molar-refractivity contribution in [1.29, 1.82) is 0 Å². The third kappa shape index (κ3) is 2.27. The Kier molecular flexibility index (Phi) is 3.01. The summed E-state index contributed by atoms with van der Waals surface area (Å²) in [5.74, 6) is 0.129. The molecule has 0 aromatic carbocycles. The minimum atomic E-state index is 0.129. The highest BCUT2D eigenvalue weighted by Gasteiger charge is 2.25. The standard InChI is InChI=1S/C12H19N3O/c1-8-4-11(5-13-8)12(16)15-6-9(2)14-10(3)7-15/h4-5,9-10,13-14H,6-7H2,1-3H3. The minimum absolute atomic E-state index is 0.129. The second kappa shape index (κ2) is 4.29. The molecular formula is C12H19N3O. The van der Waals surface area contributed by atoms with E-state index in [1.54, 1.807) is 6.20 Å². The van der Waals surface area contributed by atoms with Crippen molar-refractivity contribution < 1.29 is 4.79 Å². The second-order valence-electron chi connectivity index (χ2n) is 4.75. The Morgan fingerprint density at radius 1 is 1.38 bits per heavy atom. The van der Waals surface area contributed by atoms with Gasteiger partial charge >= 0.3 is 0 Å². The Balaban J connectivity index is 2.09. The van der Waals surface area contributed by atoms with Gasteiger partial charge in [0.2, 0.25) is 0 Å². The average Bonchev–Trinajstić information content (AvgIpc) is 2.62. The van der Waals surface area contributed by atoms with Gasteiger partial charge in [-0.1, -0.05) is 0 Å². The summed E-state index contributed by atoms with van der Waals surface area (Å²) in [7, 11) is 0. The molecule has 2 heterocycles. The maximum atomic E-state index is 12.2. The van der Waals surface area contributed by atoms with Crippen molar-refractivity contribution in [2.45, 2.75) is 32.9 Å². The van der Waals surface area contributed by atoms with E-state index in [9.17, 15) is 4.79 Å². The van der Waals surface area contributed by atoms with Crippen LogP contribution in [0.15, 0.2) is 12.3 Å². The maximum Gasteiger partial charge on any atom is 0.255 e. The first-order chi connectivity index (χ1) is 7.56. The van der Waals surface area contributed by atoms with E-state index in [1.165, 1.54) is 0 Å². The molecule has 1 amide bonds. The van der Waals surface area contributed by atoms with E-state index in [1.807, 2.05) is 17.9 Å². The summed E-state index contributed by atoms with van der Waals surface area (Å²) >= 11 is 0. The normalized spacial score (nSPS) is 25.8. The number of carbonyl (C=O) groups is 1. The molecule has 1 saturated heterocycles. The molecule has 1 fully saturated rings. The number of rotatable bonds is 1. The lowest BCUT2D eigenvalue weighted by molar-refractivity contribution is 0.0674. The van der Waals surface area contributed by atoms with Crippen LogP contribution in [0.25, 0.3) is 0 Å². The van der Waals surface area contributed by atoms with Crippen LogP contribution in [0.3, 0.4) is 0 Å². The topological polar surface area (TPSA) is 48.1 Å². The average molecular weight is 221 g/mol. The summed E-state index contributed by atoms with van der Waals surface area (Å²) in [6.45, 7) is 7.75. The fraction of sp³-hybridized carbons (Fsp3) is 0.583. The van der Waals surface area contributed by atoms with E-state index in [0.717, 1.165) is 24.3 Å². The van der Waals surface area contributed by atoms with Crippen molar-refractivity contribution in [2.24, 2.45) is 0 Å². The molecule has 16 heavy (non-hydrogen) atoms. The number of piperazine rings is 1. The highest BCUT2D eigenvalue weighted by atomic mass is 16.2. The van der Waals surface area contributed by atoms with Gasteiger partial charge in [-0.2, -0.15) is 0 Å². The van der Waals surface area contributed by atoms with Crippen molar-refractivity contribution in [3.8, 4) is 0 Å². The van der Waals surface area contributed by atoms with Crippen molar-refractivity contribution in [2.75, 3.05) is 13.1 Å². The number of carbonyl (C=O) groups excluding carboxylic acids is 1. The number of nitrogens with one attached hydrogen (secondary N) is 2. The predicted molar refractivity (Wildman–Crippen MR) is 63.5 cm³/mol. The monoisotopic (exact) mass is 221 g/mol. The van der Waals surface area contributed by atoms with Gasteiger partial charge in [0.25, 0.3) is 5.91 Å². The molecular weight excluding hydrogens is 202 g/mol. The molecule has 2 atom stereocenters. The SMILES string of the molecule is Cc1cc(C(=O)N2CC(C)NC(C)C2)c[nH]1. The van der Waals surface area contributed by atoms with E-state index in [2.05, 4.69) is 24.1 Å². The molecule has 2 N–H and O–H groups in total. The molecule has 2 unspecified atom stereocenters. The number of aryl methyl sites for hydroxylation is 1. The van der Waals surface area contributed by atoms with Gasteiger partial charge in [0, 0.05) is 37.1 Å². The largest absolute Gasteiger partial charge is 0.364 e. The van der Waals surface area contributed by atoms with Crippen LogP contribution in [0.5, 0.6) is 0 Å².